The van der Waals surface area contributed by atoms with Crippen molar-refractivity contribution in [2.24, 2.45) is 0 Å². The quantitative estimate of drug-likeness (QED) is 0.545. The molecule has 18 heavy (non-hydrogen) atoms. The Labute approximate surface area is 106 Å². The average Bonchev–Trinajstić information content (AvgIpc) is 2.43. The van der Waals surface area contributed by atoms with Crippen LogP contribution in [0.4, 0.5) is 0 Å². The lowest BCUT2D eigenvalue weighted by atomic mass is 9.96. The number of fused-ring (bicyclic) bond motifs is 3. The van der Waals surface area contributed by atoms with Gasteiger partial charge in [-0.3, -0.25) is 0 Å². The van der Waals surface area contributed by atoms with Crippen LogP contribution in [0.3, 0.4) is 0 Å². The van der Waals surface area contributed by atoms with Gasteiger partial charge in [0, 0.05) is 5.39 Å². The van der Waals surface area contributed by atoms with Crippen LogP contribution < -0.4 is 4.65 Å². The summed E-state index contributed by atoms with van der Waals surface area (Å²) < 4.78 is 5.29. The Morgan fingerprint density at radius 3 is 1.94 bits per heavy atom. The summed E-state index contributed by atoms with van der Waals surface area (Å²) in [5, 5.41) is 13.4. The second kappa shape index (κ2) is 4.35. The van der Waals surface area contributed by atoms with E-state index in [1.807, 2.05) is 37.3 Å². The number of hydrogen-bond acceptors (Lipinski definition) is 2. The monoisotopic (exact) mass is 235 g/mol. The molecule has 3 heteroatoms. The standard InChI is InChI=1S/C15H12BO2/c1-10-11-6-2-3-7-12(11)13-8-4-5-9-14(13)15(10)18-16-17/h2-9,17H,1H3. The molecule has 3 rings (SSSR count). The molecule has 0 aliphatic rings. The SMILES string of the molecule is Cc1c(O[B]O)c2ccccc2c2ccccc12. The lowest BCUT2D eigenvalue weighted by Crippen LogP contribution is -2.02. The van der Waals surface area contributed by atoms with Crippen LogP contribution in [0.5, 0.6) is 5.75 Å². The van der Waals surface area contributed by atoms with E-state index in [0.717, 1.165) is 29.4 Å². The van der Waals surface area contributed by atoms with E-state index < -0.39 is 0 Å². The maximum Gasteiger partial charge on any atom is 0.569 e. The van der Waals surface area contributed by atoms with Crippen LogP contribution in [-0.4, -0.2) is 12.7 Å². The lowest BCUT2D eigenvalue weighted by Gasteiger charge is -2.14. The fraction of sp³-hybridized carbons (Fsp3) is 0.0667. The average molecular weight is 235 g/mol. The summed E-state index contributed by atoms with van der Waals surface area (Å²) in [6, 6.07) is 16.3. The molecule has 0 amide bonds. The van der Waals surface area contributed by atoms with Crippen LogP contribution in [0, 0.1) is 6.92 Å². The third-order valence-corrected chi connectivity index (χ3v) is 3.30. The molecule has 2 nitrogen and oxygen atoms in total. The van der Waals surface area contributed by atoms with E-state index in [9.17, 15) is 0 Å². The highest BCUT2D eigenvalue weighted by Gasteiger charge is 2.11. The molecule has 0 aliphatic heterocycles. The maximum absolute atomic E-state index is 8.93. The van der Waals surface area contributed by atoms with E-state index in [-0.39, 0.29) is 0 Å². The zero-order valence-corrected chi connectivity index (χ0v) is 10.1. The molecule has 0 atom stereocenters. The van der Waals surface area contributed by atoms with Crippen LogP contribution >= 0.6 is 0 Å². The van der Waals surface area contributed by atoms with Crippen molar-refractivity contribution in [1.29, 1.82) is 0 Å². The Morgan fingerprint density at radius 2 is 1.33 bits per heavy atom. The van der Waals surface area contributed by atoms with Crippen molar-refractivity contribution in [3.05, 3.63) is 54.1 Å². The van der Waals surface area contributed by atoms with Gasteiger partial charge in [0.1, 0.15) is 5.75 Å². The third kappa shape index (κ3) is 1.56. The Morgan fingerprint density at radius 1 is 0.833 bits per heavy atom. The molecule has 0 heterocycles. The third-order valence-electron chi connectivity index (χ3n) is 3.30. The molecule has 0 unspecified atom stereocenters. The Hall–Kier alpha value is -2.00. The van der Waals surface area contributed by atoms with Crippen LogP contribution in [0.1, 0.15) is 5.56 Å². The first-order valence-electron chi connectivity index (χ1n) is 5.85. The van der Waals surface area contributed by atoms with E-state index in [2.05, 4.69) is 18.2 Å². The van der Waals surface area contributed by atoms with Crippen LogP contribution in [0.15, 0.2) is 48.5 Å². The Balaban J connectivity index is 2.53. The van der Waals surface area contributed by atoms with Gasteiger partial charge in [0.05, 0.1) is 0 Å². The van der Waals surface area contributed by atoms with Crippen LogP contribution in [0.25, 0.3) is 21.5 Å². The molecule has 87 valence electrons. The van der Waals surface area contributed by atoms with E-state index in [1.54, 1.807) is 0 Å². The summed E-state index contributed by atoms with van der Waals surface area (Å²) in [5.74, 6) is 0.715. The van der Waals surface area contributed by atoms with Crippen molar-refractivity contribution in [3.8, 4) is 5.75 Å². The van der Waals surface area contributed by atoms with Crippen molar-refractivity contribution in [3.63, 3.8) is 0 Å². The van der Waals surface area contributed by atoms with Crippen molar-refractivity contribution < 1.29 is 9.68 Å². The largest absolute Gasteiger partial charge is 0.569 e. The second-order valence-corrected chi connectivity index (χ2v) is 4.27. The summed E-state index contributed by atoms with van der Waals surface area (Å²) in [7, 11) is 0.740. The van der Waals surface area contributed by atoms with E-state index >= 15 is 0 Å². The molecule has 0 aliphatic carbocycles. The van der Waals surface area contributed by atoms with Gasteiger partial charge in [-0.15, -0.1) is 0 Å². The molecule has 1 N–H and O–H groups in total. The van der Waals surface area contributed by atoms with Crippen LogP contribution in [-0.2, 0) is 0 Å². The van der Waals surface area contributed by atoms with Gasteiger partial charge in [0.2, 0.25) is 0 Å². The summed E-state index contributed by atoms with van der Waals surface area (Å²) in [6.45, 7) is 2.01. The molecule has 0 aromatic heterocycles. The van der Waals surface area contributed by atoms with Gasteiger partial charge in [-0.1, -0.05) is 48.5 Å². The number of benzene rings is 3. The highest BCUT2D eigenvalue weighted by Crippen LogP contribution is 2.37. The zero-order chi connectivity index (χ0) is 12.5. The summed E-state index contributed by atoms with van der Waals surface area (Å²) in [4.78, 5) is 0. The second-order valence-electron chi connectivity index (χ2n) is 4.27. The molecular weight excluding hydrogens is 223 g/mol. The number of rotatable bonds is 2. The van der Waals surface area contributed by atoms with Gasteiger partial charge in [-0.25, -0.2) is 0 Å². The smallest absolute Gasteiger partial charge is 0.537 e. The molecular formula is C15H12BO2. The normalized spacial score (nSPS) is 10.8. The highest BCUT2D eigenvalue weighted by atomic mass is 16.5. The van der Waals surface area contributed by atoms with Gasteiger partial charge < -0.3 is 9.68 Å². The first-order valence-corrected chi connectivity index (χ1v) is 5.85. The van der Waals surface area contributed by atoms with E-state index in [0.29, 0.717) is 5.75 Å². The Kier molecular flexibility index (Phi) is 2.69. The van der Waals surface area contributed by atoms with Gasteiger partial charge in [-0.2, -0.15) is 0 Å². The minimum Gasteiger partial charge on any atom is -0.537 e. The summed E-state index contributed by atoms with van der Waals surface area (Å²) in [6.07, 6.45) is 0. The minimum atomic E-state index is 0.715. The van der Waals surface area contributed by atoms with E-state index in [1.165, 1.54) is 5.39 Å². The first-order chi connectivity index (χ1) is 8.83. The molecule has 0 bridgehead atoms. The highest BCUT2D eigenvalue weighted by molar-refractivity contribution is 6.20. The first kappa shape index (κ1) is 11.1. The molecule has 0 spiro atoms. The maximum atomic E-state index is 8.93. The van der Waals surface area contributed by atoms with Gasteiger partial charge in [0.15, 0.2) is 0 Å². The predicted octanol–water partition coefficient (Wildman–Crippen LogP) is 3.21. The van der Waals surface area contributed by atoms with Gasteiger partial charge in [0.25, 0.3) is 0 Å². The molecule has 3 aromatic rings. The Bertz CT molecular complexity index is 722. The molecule has 0 fully saturated rings. The van der Waals surface area contributed by atoms with Crippen molar-refractivity contribution in [2.45, 2.75) is 6.92 Å². The van der Waals surface area contributed by atoms with Crippen molar-refractivity contribution in [2.75, 3.05) is 0 Å². The molecule has 1 radical (unpaired) electrons. The summed E-state index contributed by atoms with van der Waals surface area (Å²) >= 11 is 0. The minimum absolute atomic E-state index is 0.715. The van der Waals surface area contributed by atoms with Gasteiger partial charge >= 0.3 is 7.69 Å². The lowest BCUT2D eigenvalue weighted by molar-refractivity contribution is 0.455. The molecule has 0 saturated heterocycles. The van der Waals surface area contributed by atoms with E-state index in [4.69, 9.17) is 9.68 Å². The van der Waals surface area contributed by atoms with Gasteiger partial charge in [-0.05, 0) is 28.6 Å². The topological polar surface area (TPSA) is 29.5 Å². The zero-order valence-electron chi connectivity index (χ0n) is 10.1. The predicted molar refractivity (Wildman–Crippen MR) is 74.8 cm³/mol. The van der Waals surface area contributed by atoms with Crippen molar-refractivity contribution >= 4 is 29.2 Å². The fourth-order valence-corrected chi connectivity index (χ4v) is 2.49. The van der Waals surface area contributed by atoms with Crippen molar-refractivity contribution in [1.82, 2.24) is 0 Å². The molecule has 0 saturated carbocycles. The summed E-state index contributed by atoms with van der Waals surface area (Å²) in [5.41, 5.74) is 1.04. The van der Waals surface area contributed by atoms with Crippen LogP contribution in [0.2, 0.25) is 0 Å². The number of hydrogen-bond donors (Lipinski definition) is 1. The fourth-order valence-electron chi connectivity index (χ4n) is 2.49. The number of aryl methyl sites for hydroxylation is 1. The molecule has 3 aromatic carbocycles.